The highest BCUT2D eigenvalue weighted by Crippen LogP contribution is 2.71. The van der Waals surface area contributed by atoms with Gasteiger partial charge in [0.25, 0.3) is 0 Å². The number of benzene rings is 1. The molecule has 34 heavy (non-hydrogen) atoms. The van der Waals surface area contributed by atoms with Crippen LogP contribution >= 0.6 is 0 Å². The van der Waals surface area contributed by atoms with Crippen molar-refractivity contribution in [2.45, 2.75) is 87.4 Å². The topological polar surface area (TPSA) is 67.2 Å². The van der Waals surface area contributed by atoms with Crippen molar-refractivity contribution in [3.8, 4) is 0 Å². The fourth-order valence-corrected chi connectivity index (χ4v) is 10.6. The number of quaternary nitrogens is 1. The largest absolute Gasteiger partial charge is 0.392 e. The number of hydrogen-bond donors (Lipinski definition) is 3. The molecule has 8 rings (SSSR count). The summed E-state index contributed by atoms with van der Waals surface area (Å²) in [7, 11) is 2.20. The molecule has 186 valence electrons. The van der Waals surface area contributed by atoms with Crippen LogP contribution in [-0.2, 0) is 5.41 Å². The van der Waals surface area contributed by atoms with Crippen LogP contribution in [0.25, 0.3) is 0 Å². The summed E-state index contributed by atoms with van der Waals surface area (Å²) >= 11 is 0. The number of hydrogen-bond acceptors (Lipinski definition) is 5. The first-order chi connectivity index (χ1) is 16.4. The Kier molecular flexibility index (Phi) is 4.81. The molecule has 6 aliphatic heterocycles. The molecule has 6 heteroatoms. The number of rotatable bonds is 5. The Morgan fingerprint density at radius 1 is 1.12 bits per heavy atom. The van der Waals surface area contributed by atoms with Crippen molar-refractivity contribution < 1.29 is 19.8 Å². The van der Waals surface area contributed by atoms with Crippen molar-refractivity contribution in [2.75, 3.05) is 38.1 Å². The lowest BCUT2D eigenvalue weighted by molar-refractivity contribution is -1.04. The number of fused-ring (bicyclic) bond motifs is 2. The summed E-state index contributed by atoms with van der Waals surface area (Å²) in [5.41, 5.74) is 2.34. The lowest BCUT2D eigenvalue weighted by Gasteiger charge is -2.68. The maximum Gasteiger partial charge on any atom is 0.194 e. The highest BCUT2D eigenvalue weighted by molar-refractivity contribution is 5.66. The Balaban J connectivity index is 1.32. The number of aliphatic hydroxyl groups excluding tert-OH is 3. The summed E-state index contributed by atoms with van der Waals surface area (Å²) < 4.78 is 0.622. The number of likely N-dealkylation sites (N-methyl/N-ethyl adjacent to an activating group) is 1. The van der Waals surface area contributed by atoms with Gasteiger partial charge < -0.3 is 25.1 Å². The molecule has 0 radical (unpaired) electrons. The van der Waals surface area contributed by atoms with Crippen molar-refractivity contribution in [1.29, 1.82) is 0 Å². The van der Waals surface area contributed by atoms with Crippen LogP contribution in [0.1, 0.15) is 51.0 Å². The van der Waals surface area contributed by atoms with Gasteiger partial charge in [0.2, 0.25) is 0 Å². The van der Waals surface area contributed by atoms with Crippen molar-refractivity contribution >= 4 is 5.69 Å². The molecular weight excluding hydrogens is 426 g/mol. The minimum absolute atomic E-state index is 0.181. The number of anilines is 1. The van der Waals surface area contributed by atoms with E-state index in [4.69, 9.17) is 0 Å². The third-order valence-corrected chi connectivity index (χ3v) is 11.6. The van der Waals surface area contributed by atoms with E-state index in [1.807, 2.05) is 0 Å². The molecule has 5 unspecified atom stereocenters. The number of β-amino-alcohol motifs (C(OH)–C–C–N with tert-alkyl or cyclic N) is 1. The zero-order valence-electron chi connectivity index (χ0n) is 20.8. The molecule has 1 spiro atoms. The summed E-state index contributed by atoms with van der Waals surface area (Å²) in [5, 5.41) is 35.7. The lowest BCUT2D eigenvalue weighted by Crippen LogP contribution is -2.84. The first-order valence-corrected chi connectivity index (χ1v) is 13.9. The molecule has 6 fully saturated rings. The summed E-state index contributed by atoms with van der Waals surface area (Å²) in [6.45, 7) is 5.70. The number of likely N-dealkylation sites (tertiary alicyclic amines) is 1. The molecular formula is C28H42N3O3+. The average Bonchev–Trinajstić information content (AvgIpc) is 3.23. The monoisotopic (exact) mass is 468 g/mol. The van der Waals surface area contributed by atoms with Crippen molar-refractivity contribution in [2.24, 2.45) is 17.8 Å². The second kappa shape index (κ2) is 7.42. The molecule has 1 aromatic rings. The number of aliphatic hydroxyl groups is 3. The predicted molar refractivity (Wildman–Crippen MR) is 131 cm³/mol. The summed E-state index contributed by atoms with van der Waals surface area (Å²) in [6, 6.07) is 9.38. The van der Waals surface area contributed by atoms with Gasteiger partial charge in [-0.1, -0.05) is 31.5 Å². The van der Waals surface area contributed by atoms with E-state index in [0.29, 0.717) is 23.5 Å². The van der Waals surface area contributed by atoms with Gasteiger partial charge in [0.15, 0.2) is 6.23 Å². The van der Waals surface area contributed by atoms with E-state index in [0.717, 1.165) is 32.4 Å². The third kappa shape index (κ3) is 2.45. The van der Waals surface area contributed by atoms with E-state index in [9.17, 15) is 15.3 Å². The molecule has 11 atom stereocenters. The minimum atomic E-state index is -0.442. The van der Waals surface area contributed by atoms with E-state index < -0.39 is 12.3 Å². The van der Waals surface area contributed by atoms with Gasteiger partial charge in [0.1, 0.15) is 18.7 Å². The lowest BCUT2D eigenvalue weighted by atomic mass is 9.60. The summed E-state index contributed by atoms with van der Waals surface area (Å²) in [4.78, 5) is 4.86. The smallest absolute Gasteiger partial charge is 0.194 e. The van der Waals surface area contributed by atoms with Crippen LogP contribution in [-0.4, -0.2) is 94.5 Å². The van der Waals surface area contributed by atoms with Crippen LogP contribution in [0.5, 0.6) is 0 Å². The van der Waals surface area contributed by atoms with Crippen LogP contribution in [0.2, 0.25) is 0 Å². The zero-order valence-corrected chi connectivity index (χ0v) is 20.8. The van der Waals surface area contributed by atoms with Crippen molar-refractivity contribution in [1.82, 2.24) is 4.90 Å². The van der Waals surface area contributed by atoms with E-state index in [1.165, 1.54) is 30.5 Å². The van der Waals surface area contributed by atoms with Gasteiger partial charge in [-0.05, 0) is 49.9 Å². The van der Waals surface area contributed by atoms with Gasteiger partial charge in [-0.15, -0.1) is 0 Å². The Bertz CT molecular complexity index is 968. The molecule has 1 aliphatic carbocycles. The number of piperidine rings is 5. The van der Waals surface area contributed by atoms with Crippen molar-refractivity contribution in [3.63, 3.8) is 0 Å². The van der Waals surface area contributed by atoms with Gasteiger partial charge >= 0.3 is 0 Å². The van der Waals surface area contributed by atoms with Gasteiger partial charge in [0, 0.05) is 44.0 Å². The fourth-order valence-electron chi connectivity index (χ4n) is 10.6. The Labute approximate surface area is 203 Å². The van der Waals surface area contributed by atoms with E-state index in [2.05, 4.69) is 48.0 Å². The third-order valence-electron chi connectivity index (χ3n) is 11.6. The quantitative estimate of drug-likeness (QED) is 0.576. The second-order valence-electron chi connectivity index (χ2n) is 12.6. The minimum Gasteiger partial charge on any atom is -0.392 e. The highest BCUT2D eigenvalue weighted by atomic mass is 16.3. The Morgan fingerprint density at radius 3 is 2.65 bits per heavy atom. The summed E-state index contributed by atoms with van der Waals surface area (Å²) in [5.74, 6) is 0.815. The molecule has 1 saturated carbocycles. The Morgan fingerprint density at radius 2 is 1.88 bits per heavy atom. The average molecular weight is 469 g/mol. The highest BCUT2D eigenvalue weighted by Gasteiger charge is 2.83. The van der Waals surface area contributed by atoms with Gasteiger partial charge in [0.05, 0.1) is 23.6 Å². The molecule has 0 aromatic heterocycles. The van der Waals surface area contributed by atoms with Gasteiger partial charge in [-0.3, -0.25) is 4.48 Å². The molecule has 1 aromatic carbocycles. The van der Waals surface area contributed by atoms with Gasteiger partial charge in [-0.2, -0.15) is 0 Å². The fraction of sp³-hybridized carbons (Fsp3) is 0.786. The van der Waals surface area contributed by atoms with Crippen molar-refractivity contribution in [3.05, 3.63) is 29.8 Å². The van der Waals surface area contributed by atoms with Crippen LogP contribution < -0.4 is 4.90 Å². The molecule has 6 nitrogen and oxygen atoms in total. The maximum absolute atomic E-state index is 12.2. The van der Waals surface area contributed by atoms with E-state index in [-0.39, 0.29) is 41.5 Å². The predicted octanol–water partition coefficient (Wildman–Crippen LogP) is 1.92. The molecule has 6 heterocycles. The van der Waals surface area contributed by atoms with Crippen LogP contribution in [0.3, 0.4) is 0 Å². The van der Waals surface area contributed by atoms with E-state index in [1.54, 1.807) is 0 Å². The molecule has 3 N–H and O–H groups in total. The van der Waals surface area contributed by atoms with E-state index >= 15 is 0 Å². The first kappa shape index (κ1) is 22.1. The summed E-state index contributed by atoms with van der Waals surface area (Å²) in [6.07, 6.45) is 5.44. The van der Waals surface area contributed by atoms with Crippen LogP contribution in [0.4, 0.5) is 5.69 Å². The number of para-hydroxylation sites is 1. The second-order valence-corrected chi connectivity index (χ2v) is 12.6. The van der Waals surface area contributed by atoms with Crippen LogP contribution in [0, 0.1) is 17.8 Å². The maximum atomic E-state index is 12.2. The zero-order chi connectivity index (χ0) is 23.4. The molecule has 5 saturated heterocycles. The molecule has 0 amide bonds. The SMILES string of the molecule is CC[C@H]1C2C[C@H]3[C@@H]4N(C)c5ccccc5C45C[C@@H](C2[C@H]5O)[N+]3(CC(O)CN2CCCCC2)[C@@H]1O. The Hall–Kier alpha value is -1.18. The number of nitrogens with zero attached hydrogens (tertiary/aromatic N) is 3. The van der Waals surface area contributed by atoms with Crippen LogP contribution in [0.15, 0.2) is 24.3 Å². The molecule has 7 aliphatic rings. The first-order valence-electron chi connectivity index (χ1n) is 13.9. The van der Waals surface area contributed by atoms with Gasteiger partial charge in [-0.25, -0.2) is 0 Å². The normalized spacial score (nSPS) is 49.4. The standard InChI is InChI=1S/C28H42N3O3/c1-3-18-19-13-22-25-28(20-9-5-6-10-21(20)29(25)2)14-23(24(19)26(28)33)31(22,27(18)34)16-17(32)15-30-11-7-4-8-12-30/h5-6,9-10,17-19,22-27,32-34H,3-4,7-8,11-16H2,1-2H3/q+1/t17?,18-,19?,22-,23-,24?,25-,26+,27+,28?,31?/m0/s1. The molecule has 5 bridgehead atoms.